The number of pyridine rings is 4. The van der Waals surface area contributed by atoms with Crippen LogP contribution in [0.5, 0.6) is 0 Å². The van der Waals surface area contributed by atoms with E-state index in [0.29, 0.717) is 65.7 Å². The van der Waals surface area contributed by atoms with E-state index in [1.165, 1.54) is 0 Å². The maximum Gasteiger partial charge on any atom is 0.273 e. The summed E-state index contributed by atoms with van der Waals surface area (Å²) in [6.07, 6.45) is 6.66. The van der Waals surface area contributed by atoms with Crippen LogP contribution in [0.25, 0.3) is 109 Å². The molecule has 3 aromatic carbocycles. The second kappa shape index (κ2) is 9.85. The lowest BCUT2D eigenvalue weighted by atomic mass is 10.0. The molecule has 0 radical (unpaired) electrons. The fraction of sp³-hybridized carbons (Fsp3) is 0. The van der Waals surface area contributed by atoms with E-state index in [1.54, 1.807) is 49.1 Å². The lowest BCUT2D eigenvalue weighted by Crippen LogP contribution is -2.22. The van der Waals surface area contributed by atoms with Crippen LogP contribution in [0.15, 0.2) is 73.3 Å². The van der Waals surface area contributed by atoms with Gasteiger partial charge in [-0.25, -0.2) is 40.1 Å². The van der Waals surface area contributed by atoms with E-state index in [1.807, 2.05) is 36.4 Å². The van der Waals surface area contributed by atoms with Gasteiger partial charge < -0.3 is 0 Å². The van der Waals surface area contributed by atoms with E-state index in [2.05, 4.69) is 29.6 Å². The molecular weight excluding hydrogens is 600 g/mol. The average Bonchev–Trinajstić information content (AvgIpc) is 3.15. The van der Waals surface area contributed by atoms with Crippen LogP contribution in [0.4, 0.5) is 0 Å². The van der Waals surface area contributed by atoms with Gasteiger partial charge in [0.2, 0.25) is 0 Å². The van der Waals surface area contributed by atoms with E-state index in [0.717, 1.165) is 0 Å². The molecule has 0 spiro atoms. The van der Waals surface area contributed by atoms with Crippen molar-refractivity contribution in [3.05, 3.63) is 107 Å². The normalized spacial score (nSPS) is 11.2. The van der Waals surface area contributed by atoms with E-state index in [4.69, 9.17) is 33.1 Å². The summed E-state index contributed by atoms with van der Waals surface area (Å²) < 4.78 is 0. The summed E-state index contributed by atoms with van der Waals surface area (Å²) in [5.41, 5.74) is 4.09. The van der Waals surface area contributed by atoms with Crippen molar-refractivity contribution < 1.29 is 0 Å². The Morgan fingerprint density at radius 3 is 0.938 bits per heavy atom. The number of nitrogens with zero attached hydrogens (tertiary/aromatic N) is 12. The lowest BCUT2D eigenvalue weighted by molar-refractivity contribution is 1.32. The Morgan fingerprint density at radius 2 is 0.708 bits per heavy atom. The van der Waals surface area contributed by atoms with Gasteiger partial charge in [0.1, 0.15) is 0 Å². The molecule has 0 atom stereocenters. The van der Waals surface area contributed by atoms with Crippen LogP contribution in [-0.2, 0) is 0 Å². The van der Waals surface area contributed by atoms with Gasteiger partial charge in [-0.3, -0.25) is 19.9 Å². The number of aromatic nitrogens is 8. The number of nitriles is 2. The van der Waals surface area contributed by atoms with Crippen LogP contribution in [0, 0.1) is 35.8 Å². The van der Waals surface area contributed by atoms with Gasteiger partial charge in [-0.2, -0.15) is 0 Å². The van der Waals surface area contributed by atoms with Gasteiger partial charge in [0.25, 0.3) is 11.4 Å². The first-order chi connectivity index (χ1) is 23.7. The van der Waals surface area contributed by atoms with Crippen molar-refractivity contribution in [1.82, 2.24) is 39.9 Å². The van der Waals surface area contributed by atoms with Gasteiger partial charge >= 0.3 is 0 Å². The third kappa shape index (κ3) is 3.43. The van der Waals surface area contributed by atoms with Gasteiger partial charge in [-0.05, 0) is 48.5 Å². The molecule has 0 aliphatic carbocycles. The van der Waals surface area contributed by atoms with Crippen molar-refractivity contribution in [2.24, 2.45) is 0 Å². The standard InChI is InChI=1S/C36H12N12/c1-39-21(15-37)23-33-35(47-31-19-9-5-13-43-27(19)25-17(29(31)45-33)7-3-11-41-25)24(22(16-38)40-2)36-34(23)46-30-18-8-4-12-42-26(18)28-20(32(30)48-36)10-6-14-44-28/h3-14H. The number of rotatable bonds is 0. The zero-order valence-corrected chi connectivity index (χ0v) is 24.3. The van der Waals surface area contributed by atoms with E-state index < -0.39 is 0 Å². The monoisotopic (exact) mass is 612 g/mol. The number of hydrogen-bond acceptors (Lipinski definition) is 10. The van der Waals surface area contributed by atoms with E-state index >= 15 is 0 Å². The smallest absolute Gasteiger partial charge is 0.254 e. The zero-order valence-electron chi connectivity index (χ0n) is 24.3. The molecule has 48 heavy (non-hydrogen) atoms. The minimum atomic E-state index is -0.296. The predicted molar refractivity (Wildman–Crippen MR) is 179 cm³/mol. The quantitative estimate of drug-likeness (QED) is 0.127. The molecule has 0 N–H and O–H groups in total. The summed E-state index contributed by atoms with van der Waals surface area (Å²) in [7, 11) is 0. The van der Waals surface area contributed by atoms with Crippen LogP contribution >= 0.6 is 0 Å². The molecule has 6 aromatic heterocycles. The molecule has 12 heteroatoms. The van der Waals surface area contributed by atoms with Gasteiger partial charge in [0.05, 0.1) is 91.5 Å². The summed E-state index contributed by atoms with van der Waals surface area (Å²) in [5.74, 6) is 0. The van der Waals surface area contributed by atoms with Crippen LogP contribution in [-0.4, -0.2) is 39.9 Å². The Bertz CT molecular complexity index is 2850. The highest BCUT2D eigenvalue weighted by atomic mass is 14.9. The number of benzene rings is 3. The summed E-state index contributed by atoms with van der Waals surface area (Å²) in [6, 6.07) is 18.5. The zero-order chi connectivity index (χ0) is 32.5. The molecule has 0 amide bonds. The Balaban J connectivity index is 1.68. The van der Waals surface area contributed by atoms with Crippen LogP contribution in [0.3, 0.4) is 0 Å². The fourth-order valence-corrected chi connectivity index (χ4v) is 6.41. The summed E-state index contributed by atoms with van der Waals surface area (Å²) in [6.45, 7) is 16.0. The molecule has 9 rings (SSSR count). The van der Waals surface area contributed by atoms with Gasteiger partial charge in [-0.1, -0.05) is 0 Å². The van der Waals surface area contributed by atoms with E-state index in [9.17, 15) is 10.5 Å². The molecule has 0 saturated carbocycles. The molecule has 12 nitrogen and oxygen atoms in total. The molecule has 0 aliphatic rings. The highest BCUT2D eigenvalue weighted by molar-refractivity contribution is 6.23. The Hall–Kier alpha value is -7.80. The third-order valence-electron chi connectivity index (χ3n) is 8.35. The number of fused-ring (bicyclic) bond motifs is 14. The van der Waals surface area contributed by atoms with Crippen molar-refractivity contribution in [1.29, 1.82) is 10.5 Å². The van der Waals surface area contributed by atoms with Crippen LogP contribution in [0.2, 0.25) is 0 Å². The van der Waals surface area contributed by atoms with Crippen LogP contribution in [0.1, 0.15) is 0 Å². The molecule has 0 unspecified atom stereocenters. The second-order valence-electron chi connectivity index (χ2n) is 10.7. The lowest BCUT2D eigenvalue weighted by Gasteiger charge is -2.13. The summed E-state index contributed by atoms with van der Waals surface area (Å²) >= 11 is 0. The van der Waals surface area contributed by atoms with Gasteiger partial charge in [0.15, 0.2) is 0 Å². The maximum atomic E-state index is 10.3. The van der Waals surface area contributed by atoms with Crippen molar-refractivity contribution in [3.8, 4) is 12.1 Å². The first kappa shape index (κ1) is 26.6. The summed E-state index contributed by atoms with van der Waals surface area (Å²) in [4.78, 5) is 45.7. The number of hydrogen-bond donors (Lipinski definition) is 0. The van der Waals surface area contributed by atoms with Crippen molar-refractivity contribution in [3.63, 3.8) is 0 Å². The largest absolute Gasteiger partial charge is 0.273 e. The molecule has 0 fully saturated rings. The Labute approximate surface area is 267 Å². The van der Waals surface area contributed by atoms with Gasteiger partial charge in [0, 0.05) is 56.8 Å². The van der Waals surface area contributed by atoms with E-state index in [-0.39, 0.29) is 43.9 Å². The molecule has 216 valence electrons. The maximum absolute atomic E-state index is 10.3. The highest BCUT2D eigenvalue weighted by Gasteiger charge is 2.22. The predicted octanol–water partition coefficient (Wildman–Crippen LogP) is 5.17. The first-order valence-corrected chi connectivity index (χ1v) is 14.4. The molecule has 0 bridgehead atoms. The minimum absolute atomic E-state index is 0.0963. The fourth-order valence-electron chi connectivity index (χ4n) is 6.41. The Kier molecular flexibility index (Phi) is 5.46. The minimum Gasteiger partial charge on any atom is -0.254 e. The van der Waals surface area contributed by atoms with Crippen molar-refractivity contribution >= 4 is 99.1 Å². The summed E-state index contributed by atoms with van der Waals surface area (Å²) in [5, 5.41) is 23.4. The average molecular weight is 613 g/mol. The molecule has 6 heterocycles. The molecule has 0 saturated heterocycles. The molecular formula is C36H12N12. The first-order valence-electron chi connectivity index (χ1n) is 14.4. The second-order valence-corrected chi connectivity index (χ2v) is 10.7. The van der Waals surface area contributed by atoms with Crippen LogP contribution < -0.4 is 10.4 Å². The molecule has 9 aromatic rings. The van der Waals surface area contributed by atoms with Crippen molar-refractivity contribution in [2.75, 3.05) is 0 Å². The topological polar surface area (TPSA) is 159 Å². The third-order valence-corrected chi connectivity index (χ3v) is 8.35. The van der Waals surface area contributed by atoms with Gasteiger partial charge in [-0.15, -0.1) is 0 Å². The highest BCUT2D eigenvalue weighted by Crippen LogP contribution is 2.33. The SMILES string of the molecule is [C-]#[N+]C(C#N)=c1c2nc3c4cccnc4c4ncccc4c3nc2c(=C(C#N)[N+]#[C-])c2nc3c4cccnc4c4ncccc4c3nc12. The Morgan fingerprint density at radius 1 is 0.438 bits per heavy atom. The van der Waals surface area contributed by atoms with Crippen molar-refractivity contribution in [2.45, 2.75) is 0 Å². The molecule has 0 aliphatic heterocycles.